The molecular weight excluding hydrogens is 156 g/mol. The average Bonchev–Trinajstić information content (AvgIpc) is 2.20. The quantitative estimate of drug-likeness (QED) is 0.525. The van der Waals surface area contributed by atoms with Crippen molar-refractivity contribution >= 4 is 5.91 Å². The summed E-state index contributed by atoms with van der Waals surface area (Å²) in [7, 11) is 1.56. The van der Waals surface area contributed by atoms with Crippen LogP contribution in [-0.2, 0) is 9.53 Å². The highest BCUT2D eigenvalue weighted by molar-refractivity contribution is 5.86. The average molecular weight is 172 g/mol. The molecule has 12 heavy (non-hydrogen) atoms. The van der Waals surface area contributed by atoms with E-state index < -0.39 is 0 Å². The van der Waals surface area contributed by atoms with Crippen molar-refractivity contribution in [3.05, 3.63) is 12.7 Å². The first-order valence-corrected chi connectivity index (χ1v) is 3.94. The summed E-state index contributed by atoms with van der Waals surface area (Å²) < 4.78 is 5.01. The topological polar surface area (TPSA) is 50.4 Å². The second-order valence-corrected chi connectivity index (χ2v) is 2.18. The molecule has 4 heteroatoms. The van der Waals surface area contributed by atoms with E-state index in [0.717, 1.165) is 26.3 Å². The summed E-state index contributed by atoms with van der Waals surface area (Å²) in [6, 6.07) is 0. The first-order chi connectivity index (χ1) is 5.81. The van der Waals surface area contributed by atoms with Crippen molar-refractivity contribution in [3.63, 3.8) is 0 Å². The highest BCUT2D eigenvalue weighted by atomic mass is 16.5. The summed E-state index contributed by atoms with van der Waals surface area (Å²) >= 11 is 0. The monoisotopic (exact) mass is 172 g/mol. The molecule has 0 saturated carbocycles. The van der Waals surface area contributed by atoms with Crippen LogP contribution in [0.15, 0.2) is 12.7 Å². The molecule has 1 aliphatic heterocycles. The molecule has 0 bridgehead atoms. The third-order valence-corrected chi connectivity index (χ3v) is 1.28. The van der Waals surface area contributed by atoms with Gasteiger partial charge in [-0.25, -0.2) is 0 Å². The molecule has 4 nitrogen and oxygen atoms in total. The van der Waals surface area contributed by atoms with Crippen LogP contribution in [0.25, 0.3) is 0 Å². The van der Waals surface area contributed by atoms with Crippen molar-refractivity contribution in [2.45, 2.75) is 0 Å². The standard InChI is InChI=1S/C4H9NO.C4H7NO/c1-3-6-4-2-5-1;1-3-4(6)5-2/h5H,1-4H2;3H,1H2,2H3,(H,5,6). The van der Waals surface area contributed by atoms with E-state index in [1.165, 1.54) is 6.08 Å². The Morgan fingerprint density at radius 1 is 1.58 bits per heavy atom. The predicted molar refractivity (Wildman–Crippen MR) is 48.0 cm³/mol. The minimum Gasteiger partial charge on any atom is -0.379 e. The van der Waals surface area contributed by atoms with Crippen LogP contribution in [0, 0.1) is 0 Å². The minimum atomic E-state index is -0.144. The number of carbonyl (C=O) groups excluding carboxylic acids is 1. The highest BCUT2D eigenvalue weighted by Gasteiger charge is 1.92. The Morgan fingerprint density at radius 2 is 2.17 bits per heavy atom. The molecule has 0 aromatic carbocycles. The number of likely N-dealkylation sites (N-methyl/N-ethyl adjacent to an activating group) is 1. The van der Waals surface area contributed by atoms with Crippen LogP contribution < -0.4 is 10.6 Å². The van der Waals surface area contributed by atoms with E-state index in [9.17, 15) is 4.79 Å². The van der Waals surface area contributed by atoms with Crippen LogP contribution in [0.3, 0.4) is 0 Å². The number of ether oxygens (including phenoxy) is 1. The minimum absolute atomic E-state index is 0.144. The van der Waals surface area contributed by atoms with Gasteiger partial charge in [-0.1, -0.05) is 6.58 Å². The van der Waals surface area contributed by atoms with Gasteiger partial charge in [0.25, 0.3) is 0 Å². The lowest BCUT2D eigenvalue weighted by atomic mass is 10.5. The molecule has 0 spiro atoms. The lowest BCUT2D eigenvalue weighted by Gasteiger charge is -2.10. The Bertz CT molecular complexity index is 122. The van der Waals surface area contributed by atoms with Crippen LogP contribution in [0.2, 0.25) is 0 Å². The Kier molecular flexibility index (Phi) is 7.63. The summed E-state index contributed by atoms with van der Waals surface area (Å²) in [5.74, 6) is -0.144. The van der Waals surface area contributed by atoms with Crippen molar-refractivity contribution < 1.29 is 9.53 Å². The fourth-order valence-corrected chi connectivity index (χ4v) is 0.618. The van der Waals surface area contributed by atoms with Crippen LogP contribution >= 0.6 is 0 Å². The van der Waals surface area contributed by atoms with Gasteiger partial charge in [0.05, 0.1) is 13.2 Å². The Hall–Kier alpha value is -0.870. The number of morpholine rings is 1. The van der Waals surface area contributed by atoms with Gasteiger partial charge in [0, 0.05) is 20.1 Å². The molecule has 0 unspecified atom stereocenters. The number of hydrogen-bond donors (Lipinski definition) is 2. The molecule has 0 aliphatic carbocycles. The van der Waals surface area contributed by atoms with E-state index in [0.29, 0.717) is 0 Å². The first-order valence-electron chi connectivity index (χ1n) is 3.94. The van der Waals surface area contributed by atoms with E-state index in [2.05, 4.69) is 17.2 Å². The Labute approximate surface area is 73.0 Å². The molecule has 0 atom stereocenters. The van der Waals surface area contributed by atoms with Gasteiger partial charge in [-0.15, -0.1) is 0 Å². The highest BCUT2D eigenvalue weighted by Crippen LogP contribution is 1.76. The fourth-order valence-electron chi connectivity index (χ4n) is 0.618. The lowest BCUT2D eigenvalue weighted by molar-refractivity contribution is -0.116. The number of nitrogens with one attached hydrogen (secondary N) is 2. The molecular formula is C8H16N2O2. The van der Waals surface area contributed by atoms with Gasteiger partial charge in [0.2, 0.25) is 5.91 Å². The summed E-state index contributed by atoms with van der Waals surface area (Å²) in [6.07, 6.45) is 1.22. The summed E-state index contributed by atoms with van der Waals surface area (Å²) in [5.41, 5.74) is 0. The number of carbonyl (C=O) groups is 1. The van der Waals surface area contributed by atoms with Crippen LogP contribution in [0.5, 0.6) is 0 Å². The second-order valence-electron chi connectivity index (χ2n) is 2.18. The summed E-state index contributed by atoms with van der Waals surface area (Å²) in [4.78, 5) is 9.95. The zero-order valence-electron chi connectivity index (χ0n) is 7.43. The third-order valence-electron chi connectivity index (χ3n) is 1.28. The van der Waals surface area contributed by atoms with Crippen molar-refractivity contribution in [1.29, 1.82) is 0 Å². The smallest absolute Gasteiger partial charge is 0.243 e. The van der Waals surface area contributed by atoms with Gasteiger partial charge in [-0.05, 0) is 6.08 Å². The fraction of sp³-hybridized carbons (Fsp3) is 0.625. The van der Waals surface area contributed by atoms with E-state index in [4.69, 9.17) is 4.74 Å². The lowest BCUT2D eigenvalue weighted by Crippen LogP contribution is -2.30. The van der Waals surface area contributed by atoms with Gasteiger partial charge in [0.15, 0.2) is 0 Å². The number of rotatable bonds is 1. The summed E-state index contributed by atoms with van der Waals surface area (Å²) in [5, 5.41) is 5.52. The molecule has 1 rings (SSSR count). The van der Waals surface area contributed by atoms with Gasteiger partial charge >= 0.3 is 0 Å². The molecule has 1 fully saturated rings. The predicted octanol–water partition coefficient (Wildman–Crippen LogP) is -0.475. The molecule has 0 aromatic rings. The molecule has 0 aromatic heterocycles. The Balaban J connectivity index is 0.000000202. The summed E-state index contributed by atoms with van der Waals surface area (Å²) in [6.45, 7) is 7.05. The zero-order valence-corrected chi connectivity index (χ0v) is 7.43. The maximum absolute atomic E-state index is 9.95. The van der Waals surface area contributed by atoms with Crippen LogP contribution in [0.4, 0.5) is 0 Å². The first kappa shape index (κ1) is 11.1. The Morgan fingerprint density at radius 3 is 2.25 bits per heavy atom. The van der Waals surface area contributed by atoms with Crippen molar-refractivity contribution in [1.82, 2.24) is 10.6 Å². The maximum atomic E-state index is 9.95. The molecule has 1 amide bonds. The van der Waals surface area contributed by atoms with E-state index in [1.54, 1.807) is 7.05 Å². The molecule has 1 saturated heterocycles. The molecule has 0 radical (unpaired) electrons. The number of hydrogen-bond acceptors (Lipinski definition) is 3. The van der Waals surface area contributed by atoms with E-state index >= 15 is 0 Å². The van der Waals surface area contributed by atoms with Gasteiger partial charge in [0.1, 0.15) is 0 Å². The zero-order chi connectivity index (χ0) is 9.23. The van der Waals surface area contributed by atoms with Crippen LogP contribution in [0.1, 0.15) is 0 Å². The molecule has 70 valence electrons. The maximum Gasteiger partial charge on any atom is 0.243 e. The van der Waals surface area contributed by atoms with Gasteiger partial charge < -0.3 is 15.4 Å². The van der Waals surface area contributed by atoms with Gasteiger partial charge in [-0.3, -0.25) is 4.79 Å². The van der Waals surface area contributed by atoms with Crippen LogP contribution in [-0.4, -0.2) is 39.3 Å². The number of amides is 1. The van der Waals surface area contributed by atoms with Crippen molar-refractivity contribution in [2.75, 3.05) is 33.4 Å². The van der Waals surface area contributed by atoms with Crippen molar-refractivity contribution in [2.24, 2.45) is 0 Å². The van der Waals surface area contributed by atoms with E-state index in [1.807, 2.05) is 0 Å². The normalized spacial score (nSPS) is 15.4. The third kappa shape index (κ3) is 7.24. The molecule has 1 heterocycles. The molecule has 2 N–H and O–H groups in total. The second kappa shape index (κ2) is 8.23. The van der Waals surface area contributed by atoms with E-state index in [-0.39, 0.29) is 5.91 Å². The van der Waals surface area contributed by atoms with Crippen molar-refractivity contribution in [3.8, 4) is 0 Å². The van der Waals surface area contributed by atoms with Gasteiger partial charge in [-0.2, -0.15) is 0 Å². The molecule has 1 aliphatic rings. The largest absolute Gasteiger partial charge is 0.379 e. The SMILES string of the molecule is C1COCCN1.C=CC(=O)NC.